The molecule has 2 nitrogen and oxygen atoms in total. The van der Waals surface area contributed by atoms with Crippen molar-refractivity contribution in [3.8, 4) is 0 Å². The molecule has 0 atom stereocenters. The molecule has 0 unspecified atom stereocenters. The van der Waals surface area contributed by atoms with Crippen LogP contribution in [0.15, 0.2) is 75.1 Å². The number of rotatable bonds is 3. The molecule has 0 radical (unpaired) electrons. The van der Waals surface area contributed by atoms with Crippen LogP contribution in [0.4, 0.5) is 5.69 Å². The van der Waals surface area contributed by atoms with E-state index >= 15 is 0 Å². The number of hydrogen-bond acceptors (Lipinski definition) is 4. The average Bonchev–Trinajstić information content (AvgIpc) is 2.58. The predicted molar refractivity (Wildman–Crippen MR) is 93.9 cm³/mol. The third kappa shape index (κ3) is 3.99. The first-order valence-electron chi connectivity index (χ1n) is 6.95. The molecule has 2 aromatic rings. The average molecular weight is 312 g/mol. The van der Waals surface area contributed by atoms with Crippen molar-refractivity contribution in [3.63, 3.8) is 0 Å². The minimum atomic E-state index is 0.886. The molecule has 1 fully saturated rings. The molecule has 1 heterocycles. The normalized spacial score (nSPS) is 15.3. The van der Waals surface area contributed by atoms with Gasteiger partial charge in [0.05, 0.1) is 9.92 Å². The molecule has 1 saturated heterocycles. The molecule has 21 heavy (non-hydrogen) atoms. The van der Waals surface area contributed by atoms with Gasteiger partial charge in [-0.1, -0.05) is 48.5 Å². The summed E-state index contributed by atoms with van der Waals surface area (Å²) in [5, 5.41) is 8.95. The van der Waals surface area contributed by atoms with Gasteiger partial charge < -0.3 is 0 Å². The monoisotopic (exact) mass is 312 g/mol. The molecule has 2 aromatic carbocycles. The lowest BCUT2D eigenvalue weighted by Gasteiger charge is -2.15. The van der Waals surface area contributed by atoms with E-state index in [0.717, 1.165) is 16.9 Å². The van der Waals surface area contributed by atoms with Crippen molar-refractivity contribution in [2.24, 2.45) is 10.2 Å². The number of benzene rings is 2. The third-order valence-electron chi connectivity index (χ3n) is 3.02. The minimum absolute atomic E-state index is 0.886. The first kappa shape index (κ1) is 14.4. The van der Waals surface area contributed by atoms with Crippen LogP contribution in [0.25, 0.3) is 5.70 Å². The first-order valence-corrected chi connectivity index (χ1v) is 8.93. The van der Waals surface area contributed by atoms with Gasteiger partial charge in [0, 0.05) is 5.56 Å². The van der Waals surface area contributed by atoms with E-state index in [9.17, 15) is 0 Å². The van der Waals surface area contributed by atoms with Crippen molar-refractivity contribution < 1.29 is 0 Å². The van der Waals surface area contributed by atoms with Crippen LogP contribution in [-0.2, 0) is 0 Å². The predicted octanol–water partition coefficient (Wildman–Crippen LogP) is 5.97. The lowest BCUT2D eigenvalue weighted by molar-refractivity contribution is 1.12. The highest BCUT2D eigenvalue weighted by Crippen LogP contribution is 2.41. The fraction of sp³-hybridized carbons (Fsp3) is 0.176. The molecule has 1 aliphatic heterocycles. The van der Waals surface area contributed by atoms with E-state index in [1.165, 1.54) is 22.2 Å². The van der Waals surface area contributed by atoms with Crippen molar-refractivity contribution in [1.29, 1.82) is 0 Å². The Labute approximate surface area is 133 Å². The lowest BCUT2D eigenvalue weighted by Crippen LogP contribution is -1.94. The molecule has 0 aromatic heterocycles. The highest BCUT2D eigenvalue weighted by atomic mass is 32.2. The topological polar surface area (TPSA) is 24.7 Å². The van der Waals surface area contributed by atoms with Crippen LogP contribution in [0.3, 0.4) is 0 Å². The number of nitrogens with zero attached hydrogens (tertiary/aromatic N) is 2. The van der Waals surface area contributed by atoms with Crippen molar-refractivity contribution in [1.82, 2.24) is 0 Å². The second-order valence-corrected chi connectivity index (χ2v) is 7.06. The van der Waals surface area contributed by atoms with Gasteiger partial charge in [0.1, 0.15) is 5.70 Å². The van der Waals surface area contributed by atoms with Crippen LogP contribution in [0, 0.1) is 0 Å². The fourth-order valence-corrected chi connectivity index (χ4v) is 4.54. The molecule has 0 N–H and O–H groups in total. The number of azo groups is 1. The minimum Gasteiger partial charge on any atom is -0.150 e. The standard InChI is InChI=1S/C17H16N2S2/c1-3-8-14(9-4-1)16(17-20-12-7-13-21-17)19-18-15-10-5-2-6-11-15/h1-6,8-11H,7,12-13H2. The summed E-state index contributed by atoms with van der Waals surface area (Å²) in [5.74, 6) is 2.33. The molecular formula is C17H16N2S2. The van der Waals surface area contributed by atoms with Crippen LogP contribution in [0.2, 0.25) is 0 Å². The SMILES string of the molecule is c1ccc(N=NC(=C2SCCCS2)c2ccccc2)cc1. The van der Waals surface area contributed by atoms with Crippen molar-refractivity contribution in [2.75, 3.05) is 11.5 Å². The highest BCUT2D eigenvalue weighted by molar-refractivity contribution is 8.23. The van der Waals surface area contributed by atoms with E-state index in [0.29, 0.717) is 0 Å². The summed E-state index contributed by atoms with van der Waals surface area (Å²) < 4.78 is 1.28. The molecule has 0 aliphatic carbocycles. The van der Waals surface area contributed by atoms with E-state index in [4.69, 9.17) is 0 Å². The summed E-state index contributed by atoms with van der Waals surface area (Å²) in [6.45, 7) is 0. The lowest BCUT2D eigenvalue weighted by atomic mass is 10.2. The summed E-state index contributed by atoms with van der Waals surface area (Å²) in [5.41, 5.74) is 3.01. The van der Waals surface area contributed by atoms with Gasteiger partial charge in [-0.3, -0.25) is 0 Å². The van der Waals surface area contributed by atoms with Gasteiger partial charge in [0.25, 0.3) is 0 Å². The second kappa shape index (κ2) is 7.48. The van der Waals surface area contributed by atoms with Crippen LogP contribution in [0.1, 0.15) is 12.0 Å². The van der Waals surface area contributed by atoms with Crippen LogP contribution < -0.4 is 0 Å². The Bertz CT molecular complexity index is 628. The van der Waals surface area contributed by atoms with Gasteiger partial charge in [0.2, 0.25) is 0 Å². The zero-order chi connectivity index (χ0) is 14.3. The summed E-state index contributed by atoms with van der Waals surface area (Å²) in [6, 6.07) is 20.2. The van der Waals surface area contributed by atoms with E-state index in [2.05, 4.69) is 22.4 Å². The molecule has 3 rings (SSSR count). The maximum Gasteiger partial charge on any atom is 0.113 e. The van der Waals surface area contributed by atoms with Gasteiger partial charge in [-0.15, -0.1) is 28.6 Å². The largest absolute Gasteiger partial charge is 0.150 e. The fourth-order valence-electron chi connectivity index (χ4n) is 1.98. The molecular weight excluding hydrogens is 296 g/mol. The molecule has 0 bridgehead atoms. The first-order chi connectivity index (χ1) is 10.4. The third-order valence-corrected chi connectivity index (χ3v) is 5.62. The van der Waals surface area contributed by atoms with Gasteiger partial charge in [-0.25, -0.2) is 0 Å². The Morgan fingerprint density at radius 1 is 0.810 bits per heavy atom. The van der Waals surface area contributed by atoms with Crippen LogP contribution in [-0.4, -0.2) is 11.5 Å². The Balaban J connectivity index is 1.95. The van der Waals surface area contributed by atoms with Gasteiger partial charge in [-0.05, 0) is 30.1 Å². The molecule has 0 amide bonds. The van der Waals surface area contributed by atoms with Crippen molar-refractivity contribution >= 4 is 34.9 Å². The summed E-state index contributed by atoms with van der Waals surface area (Å²) >= 11 is 3.78. The summed E-state index contributed by atoms with van der Waals surface area (Å²) in [4.78, 5) is 0. The number of hydrogen-bond donors (Lipinski definition) is 0. The highest BCUT2D eigenvalue weighted by Gasteiger charge is 2.14. The second-order valence-electron chi connectivity index (χ2n) is 4.59. The summed E-state index contributed by atoms with van der Waals surface area (Å²) in [6.07, 6.45) is 1.26. The quantitative estimate of drug-likeness (QED) is 0.652. The Morgan fingerprint density at radius 3 is 2.10 bits per heavy atom. The van der Waals surface area contributed by atoms with Crippen LogP contribution in [0.5, 0.6) is 0 Å². The van der Waals surface area contributed by atoms with Gasteiger partial charge in [0.15, 0.2) is 0 Å². The Kier molecular flexibility index (Phi) is 5.13. The maximum absolute atomic E-state index is 4.55. The zero-order valence-corrected chi connectivity index (χ0v) is 13.2. The molecule has 0 spiro atoms. The molecule has 0 saturated carbocycles. The maximum atomic E-state index is 4.55. The molecule has 1 aliphatic rings. The Morgan fingerprint density at radius 2 is 1.43 bits per heavy atom. The molecule has 106 valence electrons. The van der Waals surface area contributed by atoms with E-state index < -0.39 is 0 Å². The van der Waals surface area contributed by atoms with E-state index in [-0.39, 0.29) is 0 Å². The van der Waals surface area contributed by atoms with E-state index in [1.54, 1.807) is 0 Å². The van der Waals surface area contributed by atoms with E-state index in [1.807, 2.05) is 72.1 Å². The zero-order valence-electron chi connectivity index (χ0n) is 11.6. The van der Waals surface area contributed by atoms with Gasteiger partial charge >= 0.3 is 0 Å². The van der Waals surface area contributed by atoms with Crippen molar-refractivity contribution in [2.45, 2.75) is 6.42 Å². The number of thioether (sulfide) groups is 2. The van der Waals surface area contributed by atoms with Crippen LogP contribution >= 0.6 is 23.5 Å². The van der Waals surface area contributed by atoms with Gasteiger partial charge in [-0.2, -0.15) is 5.11 Å². The smallest absolute Gasteiger partial charge is 0.113 e. The molecule has 4 heteroatoms. The summed E-state index contributed by atoms with van der Waals surface area (Å²) in [7, 11) is 0. The van der Waals surface area contributed by atoms with Crippen molar-refractivity contribution in [3.05, 3.63) is 70.5 Å². The Hall–Kier alpha value is -1.52.